The van der Waals surface area contributed by atoms with Crippen LogP contribution in [0.3, 0.4) is 0 Å². The molecule has 1 aromatic rings. The first kappa shape index (κ1) is 8.55. The third-order valence-corrected chi connectivity index (χ3v) is 2.16. The average Bonchev–Trinajstić information content (AvgIpc) is 2.34. The lowest BCUT2D eigenvalue weighted by atomic mass is 10.2. The van der Waals surface area contributed by atoms with Crippen LogP contribution in [0.2, 0.25) is 0 Å². The van der Waals surface area contributed by atoms with E-state index in [0.29, 0.717) is 0 Å². The molecule has 0 bridgehead atoms. The highest BCUT2D eigenvalue weighted by atomic mass is 32.1. The summed E-state index contributed by atoms with van der Waals surface area (Å²) in [5.41, 5.74) is 4.90. The van der Waals surface area contributed by atoms with Crippen LogP contribution in [-0.4, -0.2) is 6.18 Å². The van der Waals surface area contributed by atoms with Crippen molar-refractivity contribution >= 4 is 11.3 Å². The molecule has 0 spiro atoms. The van der Waals surface area contributed by atoms with Crippen LogP contribution >= 0.6 is 11.3 Å². The molecule has 0 saturated carbocycles. The first-order chi connectivity index (χ1) is 5.02. The normalized spacial score (nSPS) is 14.9. The maximum Gasteiger partial charge on any atom is 0.408 e. The highest BCUT2D eigenvalue weighted by Crippen LogP contribution is 2.32. The van der Waals surface area contributed by atoms with Gasteiger partial charge in [0.25, 0.3) is 0 Å². The first-order valence-corrected chi connectivity index (χ1v) is 3.75. The Hall–Kier alpha value is -0.550. The maximum atomic E-state index is 11.9. The molecule has 0 amide bonds. The Morgan fingerprint density at radius 3 is 2.45 bits per heavy atom. The predicted molar refractivity (Wildman–Crippen MR) is 37.3 cm³/mol. The zero-order valence-corrected chi connectivity index (χ0v) is 6.25. The lowest BCUT2D eigenvalue weighted by Gasteiger charge is -2.12. The Balaban J connectivity index is 2.78. The van der Waals surface area contributed by atoms with Gasteiger partial charge >= 0.3 is 6.18 Å². The lowest BCUT2D eigenvalue weighted by molar-refractivity contribution is -0.148. The minimum atomic E-state index is -4.33. The van der Waals surface area contributed by atoms with E-state index in [-0.39, 0.29) is 4.88 Å². The van der Waals surface area contributed by atoms with E-state index in [1.807, 2.05) is 0 Å². The summed E-state index contributed by atoms with van der Waals surface area (Å²) in [5, 5.41) is 1.57. The third-order valence-electron chi connectivity index (χ3n) is 1.20. The van der Waals surface area contributed by atoms with E-state index in [1.54, 1.807) is 11.4 Å². The van der Waals surface area contributed by atoms with Crippen molar-refractivity contribution in [3.05, 3.63) is 22.4 Å². The van der Waals surface area contributed by atoms with Gasteiger partial charge in [-0.05, 0) is 11.4 Å². The van der Waals surface area contributed by atoms with Gasteiger partial charge in [0.2, 0.25) is 0 Å². The van der Waals surface area contributed by atoms with Crippen LogP contribution in [0.25, 0.3) is 0 Å². The molecule has 0 aromatic carbocycles. The summed E-state index contributed by atoms with van der Waals surface area (Å²) in [6, 6.07) is 1.09. The maximum absolute atomic E-state index is 11.9. The van der Waals surface area contributed by atoms with Gasteiger partial charge in [-0.15, -0.1) is 11.3 Å². The molecule has 62 valence electrons. The van der Waals surface area contributed by atoms with Crippen molar-refractivity contribution in [3.8, 4) is 0 Å². The van der Waals surface area contributed by atoms with Crippen molar-refractivity contribution in [3.63, 3.8) is 0 Å². The van der Waals surface area contributed by atoms with E-state index in [9.17, 15) is 13.2 Å². The van der Waals surface area contributed by atoms with Crippen LogP contribution in [0.4, 0.5) is 13.2 Å². The highest BCUT2D eigenvalue weighted by molar-refractivity contribution is 7.10. The molecular formula is C6H6F3NS. The SMILES string of the molecule is NC(c1cccs1)C(F)(F)F. The summed E-state index contributed by atoms with van der Waals surface area (Å²) >= 11 is 1.01. The number of rotatable bonds is 1. The van der Waals surface area contributed by atoms with Gasteiger partial charge in [0, 0.05) is 4.88 Å². The molecule has 5 heteroatoms. The zero-order valence-electron chi connectivity index (χ0n) is 5.43. The van der Waals surface area contributed by atoms with Crippen molar-refractivity contribution in [1.29, 1.82) is 0 Å². The second-order valence-electron chi connectivity index (χ2n) is 2.03. The van der Waals surface area contributed by atoms with Crippen molar-refractivity contribution in [2.75, 3.05) is 0 Å². The van der Waals surface area contributed by atoms with Gasteiger partial charge in [-0.25, -0.2) is 0 Å². The zero-order chi connectivity index (χ0) is 8.48. The molecule has 1 atom stereocenters. The van der Waals surface area contributed by atoms with Gasteiger partial charge in [0.05, 0.1) is 0 Å². The first-order valence-electron chi connectivity index (χ1n) is 2.87. The molecule has 1 unspecified atom stereocenters. The highest BCUT2D eigenvalue weighted by Gasteiger charge is 2.38. The number of hydrogen-bond donors (Lipinski definition) is 1. The molecule has 1 nitrogen and oxygen atoms in total. The number of nitrogens with two attached hydrogens (primary N) is 1. The van der Waals surface area contributed by atoms with Crippen LogP contribution < -0.4 is 5.73 Å². The van der Waals surface area contributed by atoms with Crippen molar-refractivity contribution in [1.82, 2.24) is 0 Å². The molecule has 2 N–H and O–H groups in total. The molecule has 0 aliphatic carbocycles. The average molecular weight is 181 g/mol. The minimum absolute atomic E-state index is 0.150. The largest absolute Gasteiger partial charge is 0.408 e. The fraction of sp³-hybridized carbons (Fsp3) is 0.333. The lowest BCUT2D eigenvalue weighted by Crippen LogP contribution is -2.27. The molecule has 0 aliphatic rings. The molecule has 0 radical (unpaired) electrons. The summed E-state index contributed by atoms with van der Waals surface area (Å²) in [7, 11) is 0. The van der Waals surface area contributed by atoms with Gasteiger partial charge in [-0.3, -0.25) is 0 Å². The number of halogens is 3. The third kappa shape index (κ3) is 1.94. The quantitative estimate of drug-likeness (QED) is 0.706. The monoisotopic (exact) mass is 181 g/mol. The number of hydrogen-bond acceptors (Lipinski definition) is 2. The predicted octanol–water partition coefficient (Wildman–Crippen LogP) is 2.31. The summed E-state index contributed by atoms with van der Waals surface area (Å²) in [6.45, 7) is 0. The summed E-state index contributed by atoms with van der Waals surface area (Å²) in [5.74, 6) is 0. The van der Waals surface area contributed by atoms with Crippen LogP contribution in [0.1, 0.15) is 10.9 Å². The van der Waals surface area contributed by atoms with Crippen molar-refractivity contribution < 1.29 is 13.2 Å². The smallest absolute Gasteiger partial charge is 0.316 e. The van der Waals surface area contributed by atoms with E-state index >= 15 is 0 Å². The Bertz CT molecular complexity index is 216. The molecule has 0 aliphatic heterocycles. The second-order valence-corrected chi connectivity index (χ2v) is 3.01. The van der Waals surface area contributed by atoms with Crippen LogP contribution in [-0.2, 0) is 0 Å². The van der Waals surface area contributed by atoms with E-state index < -0.39 is 12.2 Å². The van der Waals surface area contributed by atoms with Crippen LogP contribution in [0, 0.1) is 0 Å². The molecule has 1 aromatic heterocycles. The molecule has 1 heterocycles. The Morgan fingerprint density at radius 1 is 1.45 bits per heavy atom. The van der Waals surface area contributed by atoms with Gasteiger partial charge in [0.1, 0.15) is 6.04 Å². The van der Waals surface area contributed by atoms with E-state index in [1.165, 1.54) is 6.07 Å². The Labute approximate surface area is 65.6 Å². The van der Waals surface area contributed by atoms with Crippen LogP contribution in [0.5, 0.6) is 0 Å². The van der Waals surface area contributed by atoms with Gasteiger partial charge in [0.15, 0.2) is 0 Å². The van der Waals surface area contributed by atoms with E-state index in [4.69, 9.17) is 5.73 Å². The fourth-order valence-corrected chi connectivity index (χ4v) is 1.38. The number of alkyl halides is 3. The molecular weight excluding hydrogens is 175 g/mol. The minimum Gasteiger partial charge on any atom is -0.316 e. The second kappa shape index (κ2) is 2.83. The van der Waals surface area contributed by atoms with Gasteiger partial charge < -0.3 is 5.73 Å². The van der Waals surface area contributed by atoms with E-state index in [2.05, 4.69) is 0 Å². The standard InChI is InChI=1S/C6H6F3NS/c7-6(8,9)5(10)4-2-1-3-11-4/h1-3,5H,10H2. The van der Waals surface area contributed by atoms with Crippen molar-refractivity contribution in [2.45, 2.75) is 12.2 Å². The topological polar surface area (TPSA) is 26.0 Å². The molecule has 1 rings (SSSR count). The van der Waals surface area contributed by atoms with Crippen molar-refractivity contribution in [2.24, 2.45) is 5.73 Å². The summed E-state index contributed by atoms with van der Waals surface area (Å²) < 4.78 is 35.7. The molecule has 0 fully saturated rings. The molecule has 11 heavy (non-hydrogen) atoms. The Morgan fingerprint density at radius 2 is 2.09 bits per heavy atom. The van der Waals surface area contributed by atoms with Crippen LogP contribution in [0.15, 0.2) is 17.5 Å². The fourth-order valence-electron chi connectivity index (χ4n) is 0.630. The summed E-state index contributed by atoms with van der Waals surface area (Å²) in [6.07, 6.45) is -4.33. The van der Waals surface area contributed by atoms with Gasteiger partial charge in [-0.1, -0.05) is 6.07 Å². The molecule has 0 saturated heterocycles. The van der Waals surface area contributed by atoms with Gasteiger partial charge in [-0.2, -0.15) is 13.2 Å². The summed E-state index contributed by atoms with van der Waals surface area (Å²) in [4.78, 5) is 0.150. The Kier molecular flexibility index (Phi) is 2.20. The number of thiophene rings is 1. The van der Waals surface area contributed by atoms with E-state index in [0.717, 1.165) is 11.3 Å².